The van der Waals surface area contributed by atoms with E-state index < -0.39 is 11.6 Å². The number of aliphatic hydroxyl groups excluding tert-OH is 1. The molecule has 1 aromatic carbocycles. The minimum Gasteiger partial charge on any atom is -0.399 e. The van der Waals surface area contributed by atoms with E-state index in [1.54, 1.807) is 0 Å². The van der Waals surface area contributed by atoms with Crippen molar-refractivity contribution in [1.29, 1.82) is 0 Å². The summed E-state index contributed by atoms with van der Waals surface area (Å²) < 4.78 is 27.0. The van der Waals surface area contributed by atoms with Crippen LogP contribution in [0.1, 0.15) is 25.7 Å². The average Bonchev–Trinajstić information content (AvgIpc) is 2.30. The van der Waals surface area contributed by atoms with Crippen LogP contribution in [0.25, 0.3) is 0 Å². The number of anilines is 2. The molecule has 1 aliphatic rings. The predicted octanol–water partition coefficient (Wildman–Crippen LogP) is 2.51. The molecule has 1 aromatic rings. The van der Waals surface area contributed by atoms with E-state index in [2.05, 4.69) is 5.32 Å². The molecule has 0 radical (unpaired) electrons. The molecular weight excluding hydrogens is 238 g/mol. The van der Waals surface area contributed by atoms with E-state index in [9.17, 15) is 13.9 Å². The highest BCUT2D eigenvalue weighted by atomic mass is 19.1. The number of nitrogens with two attached hydrogens (primary N) is 1. The van der Waals surface area contributed by atoms with Crippen LogP contribution in [0.4, 0.5) is 20.2 Å². The van der Waals surface area contributed by atoms with Gasteiger partial charge in [0.1, 0.15) is 5.69 Å². The Labute approximate surface area is 105 Å². The van der Waals surface area contributed by atoms with Crippen molar-refractivity contribution < 1.29 is 13.9 Å². The Kier molecular flexibility index (Phi) is 4.01. The predicted molar refractivity (Wildman–Crippen MR) is 67.2 cm³/mol. The number of hydrogen-bond donors (Lipinski definition) is 3. The molecule has 1 saturated carbocycles. The summed E-state index contributed by atoms with van der Waals surface area (Å²) in [5.41, 5.74) is 5.24. The standard InChI is InChI=1S/C13H18F2N2O/c14-10-5-9(16)6-11(15)13(10)17-7-8-3-1-2-4-12(8)18/h5-6,8,12,17-18H,1-4,7,16H2. The minimum atomic E-state index is -0.696. The minimum absolute atomic E-state index is 0.0510. The van der Waals surface area contributed by atoms with E-state index in [0.717, 1.165) is 37.8 Å². The number of rotatable bonds is 3. The van der Waals surface area contributed by atoms with Gasteiger partial charge in [0.2, 0.25) is 0 Å². The van der Waals surface area contributed by atoms with Crippen LogP contribution >= 0.6 is 0 Å². The fraction of sp³-hybridized carbons (Fsp3) is 0.538. The number of benzene rings is 1. The van der Waals surface area contributed by atoms with Gasteiger partial charge in [0.05, 0.1) is 6.10 Å². The van der Waals surface area contributed by atoms with Crippen LogP contribution in [0.3, 0.4) is 0 Å². The van der Waals surface area contributed by atoms with Gasteiger partial charge in [-0.05, 0) is 25.0 Å². The summed E-state index contributed by atoms with van der Waals surface area (Å²) in [7, 11) is 0. The maximum Gasteiger partial charge on any atom is 0.151 e. The molecule has 2 rings (SSSR count). The molecule has 0 spiro atoms. The van der Waals surface area contributed by atoms with Gasteiger partial charge in [0.25, 0.3) is 0 Å². The summed E-state index contributed by atoms with van der Waals surface area (Å²) in [5, 5.41) is 12.5. The Morgan fingerprint density at radius 2 is 1.83 bits per heavy atom. The van der Waals surface area contributed by atoms with E-state index in [1.807, 2.05) is 0 Å². The van der Waals surface area contributed by atoms with Crippen molar-refractivity contribution in [2.75, 3.05) is 17.6 Å². The molecule has 100 valence electrons. The summed E-state index contributed by atoms with van der Waals surface area (Å²) in [6.07, 6.45) is 3.33. The van der Waals surface area contributed by atoms with Crippen molar-refractivity contribution in [3.8, 4) is 0 Å². The molecule has 0 aliphatic heterocycles. The number of nitrogens with one attached hydrogen (secondary N) is 1. The second kappa shape index (κ2) is 5.52. The molecular formula is C13H18F2N2O. The van der Waals surface area contributed by atoms with Crippen LogP contribution in [-0.2, 0) is 0 Å². The largest absolute Gasteiger partial charge is 0.399 e. The van der Waals surface area contributed by atoms with E-state index in [4.69, 9.17) is 5.73 Å². The molecule has 3 nitrogen and oxygen atoms in total. The summed E-state index contributed by atoms with van der Waals surface area (Å²) in [6, 6.07) is 2.17. The summed E-state index contributed by atoms with van der Waals surface area (Å²) in [4.78, 5) is 0. The SMILES string of the molecule is Nc1cc(F)c(NCC2CCCCC2O)c(F)c1. The highest BCUT2D eigenvalue weighted by Gasteiger charge is 2.23. The zero-order chi connectivity index (χ0) is 13.1. The van der Waals surface area contributed by atoms with Crippen LogP contribution < -0.4 is 11.1 Å². The second-order valence-electron chi connectivity index (χ2n) is 4.85. The fourth-order valence-electron chi connectivity index (χ4n) is 2.42. The molecule has 0 saturated heterocycles. The highest BCUT2D eigenvalue weighted by molar-refractivity contribution is 5.54. The topological polar surface area (TPSA) is 58.3 Å². The maximum atomic E-state index is 13.5. The van der Waals surface area contributed by atoms with Crippen molar-refractivity contribution in [3.63, 3.8) is 0 Å². The molecule has 0 amide bonds. The molecule has 18 heavy (non-hydrogen) atoms. The van der Waals surface area contributed by atoms with Crippen LogP contribution in [-0.4, -0.2) is 17.8 Å². The van der Waals surface area contributed by atoms with Crippen LogP contribution in [0, 0.1) is 17.6 Å². The van der Waals surface area contributed by atoms with Gasteiger partial charge in [-0.15, -0.1) is 0 Å². The van der Waals surface area contributed by atoms with Crippen LogP contribution in [0.2, 0.25) is 0 Å². The van der Waals surface area contributed by atoms with Crippen molar-refractivity contribution >= 4 is 11.4 Å². The van der Waals surface area contributed by atoms with Crippen molar-refractivity contribution in [2.45, 2.75) is 31.8 Å². The zero-order valence-electron chi connectivity index (χ0n) is 10.1. The molecule has 0 aromatic heterocycles. The third-order valence-corrected chi connectivity index (χ3v) is 3.47. The summed E-state index contributed by atoms with van der Waals surface area (Å²) in [6.45, 7) is 0.374. The maximum absolute atomic E-state index is 13.5. The molecule has 5 heteroatoms. The molecule has 1 aliphatic carbocycles. The Morgan fingerprint density at radius 1 is 1.22 bits per heavy atom. The third-order valence-electron chi connectivity index (χ3n) is 3.47. The van der Waals surface area contributed by atoms with E-state index in [-0.39, 0.29) is 23.4 Å². The van der Waals surface area contributed by atoms with Crippen molar-refractivity contribution in [2.24, 2.45) is 5.92 Å². The highest BCUT2D eigenvalue weighted by Crippen LogP contribution is 2.27. The average molecular weight is 256 g/mol. The van der Waals surface area contributed by atoms with Gasteiger partial charge in [-0.3, -0.25) is 0 Å². The Morgan fingerprint density at radius 3 is 2.44 bits per heavy atom. The lowest BCUT2D eigenvalue weighted by molar-refractivity contribution is 0.0762. The number of halogens is 2. The van der Waals surface area contributed by atoms with Gasteiger partial charge in [-0.25, -0.2) is 8.78 Å². The van der Waals surface area contributed by atoms with Crippen molar-refractivity contribution in [1.82, 2.24) is 0 Å². The van der Waals surface area contributed by atoms with Gasteiger partial charge in [0, 0.05) is 18.2 Å². The molecule has 0 bridgehead atoms. The first-order chi connectivity index (χ1) is 8.58. The van der Waals surface area contributed by atoms with Gasteiger partial charge in [-0.1, -0.05) is 12.8 Å². The van der Waals surface area contributed by atoms with Crippen LogP contribution in [0.5, 0.6) is 0 Å². The number of hydrogen-bond acceptors (Lipinski definition) is 3. The second-order valence-corrected chi connectivity index (χ2v) is 4.85. The monoisotopic (exact) mass is 256 g/mol. The lowest BCUT2D eigenvalue weighted by Crippen LogP contribution is -2.30. The quantitative estimate of drug-likeness (QED) is 0.728. The smallest absolute Gasteiger partial charge is 0.151 e. The Hall–Kier alpha value is -1.36. The molecule has 4 N–H and O–H groups in total. The van der Waals surface area contributed by atoms with Crippen LogP contribution in [0.15, 0.2) is 12.1 Å². The van der Waals surface area contributed by atoms with E-state index >= 15 is 0 Å². The third kappa shape index (κ3) is 2.90. The van der Waals surface area contributed by atoms with Gasteiger partial charge in [0.15, 0.2) is 11.6 Å². The first-order valence-electron chi connectivity index (χ1n) is 6.24. The Bertz CT molecular complexity index is 402. The van der Waals surface area contributed by atoms with Gasteiger partial charge >= 0.3 is 0 Å². The first kappa shape index (κ1) is 13.1. The Balaban J connectivity index is 2.01. The zero-order valence-corrected chi connectivity index (χ0v) is 10.1. The fourth-order valence-corrected chi connectivity index (χ4v) is 2.42. The molecule has 2 unspecified atom stereocenters. The summed E-state index contributed by atoms with van der Waals surface area (Å²) >= 11 is 0. The number of nitrogen functional groups attached to an aromatic ring is 1. The lowest BCUT2D eigenvalue weighted by atomic mass is 9.86. The van der Waals surface area contributed by atoms with Crippen molar-refractivity contribution in [3.05, 3.63) is 23.8 Å². The first-order valence-corrected chi connectivity index (χ1v) is 6.24. The van der Waals surface area contributed by atoms with E-state index in [1.165, 1.54) is 0 Å². The lowest BCUT2D eigenvalue weighted by Gasteiger charge is -2.28. The number of aliphatic hydroxyl groups is 1. The summed E-state index contributed by atoms with van der Waals surface area (Å²) in [5.74, 6) is -1.34. The van der Waals surface area contributed by atoms with E-state index in [0.29, 0.717) is 6.54 Å². The van der Waals surface area contributed by atoms with Gasteiger partial charge in [-0.2, -0.15) is 0 Å². The molecule has 0 heterocycles. The molecule has 1 fully saturated rings. The van der Waals surface area contributed by atoms with Gasteiger partial charge < -0.3 is 16.2 Å². The molecule has 2 atom stereocenters. The normalized spacial score (nSPS) is 23.9.